The Kier molecular flexibility index (Phi) is 4.24. The van der Waals surface area contributed by atoms with Crippen molar-refractivity contribution in [2.75, 3.05) is 19.4 Å². The molecular formula is C14H18N4O2. The number of aryl methyl sites for hydroxylation is 1. The first-order chi connectivity index (χ1) is 9.63. The summed E-state index contributed by atoms with van der Waals surface area (Å²) >= 11 is 0. The number of methoxy groups -OCH3 is 1. The van der Waals surface area contributed by atoms with Crippen LogP contribution in [0.2, 0.25) is 0 Å². The quantitative estimate of drug-likeness (QED) is 0.796. The predicted molar refractivity (Wildman–Crippen MR) is 76.7 cm³/mol. The Labute approximate surface area is 117 Å². The van der Waals surface area contributed by atoms with E-state index in [1.165, 1.54) is 7.11 Å². The van der Waals surface area contributed by atoms with Gasteiger partial charge in [-0.1, -0.05) is 6.07 Å². The Bertz CT molecular complexity index is 607. The lowest BCUT2D eigenvalue weighted by Gasteiger charge is -2.11. The van der Waals surface area contributed by atoms with Gasteiger partial charge in [0.05, 0.1) is 18.4 Å². The first-order valence-corrected chi connectivity index (χ1v) is 6.31. The van der Waals surface area contributed by atoms with Gasteiger partial charge in [-0.3, -0.25) is 9.48 Å². The molecule has 0 aliphatic heterocycles. The van der Waals surface area contributed by atoms with Crippen LogP contribution in [0.1, 0.15) is 16.1 Å². The molecule has 0 fully saturated rings. The molecule has 0 radical (unpaired) electrons. The van der Waals surface area contributed by atoms with E-state index >= 15 is 0 Å². The number of hydrogen-bond donors (Lipinski definition) is 2. The average Bonchev–Trinajstić information content (AvgIpc) is 2.84. The summed E-state index contributed by atoms with van der Waals surface area (Å²) in [5, 5.41) is 6.93. The maximum atomic E-state index is 12.1. The molecule has 0 aliphatic carbocycles. The predicted octanol–water partition coefficient (Wildman–Crippen LogP) is 0.983. The van der Waals surface area contributed by atoms with Crippen LogP contribution in [0.3, 0.4) is 0 Å². The Morgan fingerprint density at radius 3 is 2.90 bits per heavy atom. The normalized spacial score (nSPS) is 10.3. The molecule has 0 aliphatic rings. The van der Waals surface area contributed by atoms with Gasteiger partial charge in [-0.2, -0.15) is 5.10 Å². The van der Waals surface area contributed by atoms with Gasteiger partial charge >= 0.3 is 0 Å². The van der Waals surface area contributed by atoms with Gasteiger partial charge < -0.3 is 15.8 Å². The summed E-state index contributed by atoms with van der Waals surface area (Å²) in [4.78, 5) is 12.1. The number of carbonyl (C=O) groups excluding carboxylic acids is 1. The number of nitrogen functional groups attached to an aromatic ring is 1. The number of aromatic nitrogens is 2. The molecule has 1 aromatic heterocycles. The van der Waals surface area contributed by atoms with Crippen molar-refractivity contribution in [2.45, 2.75) is 6.42 Å². The number of rotatable bonds is 5. The molecule has 1 aromatic carbocycles. The molecule has 0 saturated carbocycles. The third-order valence-electron chi connectivity index (χ3n) is 3.08. The van der Waals surface area contributed by atoms with E-state index in [9.17, 15) is 4.79 Å². The molecule has 0 atom stereocenters. The number of amides is 1. The minimum atomic E-state index is -0.198. The SMILES string of the molecule is COc1c(N)cccc1C(=O)NCCc1ccnn1C. The van der Waals surface area contributed by atoms with Crippen LogP contribution < -0.4 is 15.8 Å². The molecule has 20 heavy (non-hydrogen) atoms. The maximum absolute atomic E-state index is 12.1. The van der Waals surface area contributed by atoms with Crippen LogP contribution >= 0.6 is 0 Å². The lowest BCUT2D eigenvalue weighted by molar-refractivity contribution is 0.0951. The van der Waals surface area contributed by atoms with Crippen molar-refractivity contribution in [3.8, 4) is 5.75 Å². The minimum absolute atomic E-state index is 0.198. The average molecular weight is 274 g/mol. The summed E-state index contributed by atoms with van der Waals surface area (Å²) in [6.45, 7) is 0.524. The summed E-state index contributed by atoms with van der Waals surface area (Å²) in [5.41, 5.74) is 7.73. The van der Waals surface area contributed by atoms with Crippen LogP contribution in [0.4, 0.5) is 5.69 Å². The third kappa shape index (κ3) is 2.90. The van der Waals surface area contributed by atoms with Gasteiger partial charge in [-0.25, -0.2) is 0 Å². The fourth-order valence-corrected chi connectivity index (χ4v) is 2.01. The van der Waals surface area contributed by atoms with E-state index in [0.717, 1.165) is 5.69 Å². The maximum Gasteiger partial charge on any atom is 0.255 e. The second kappa shape index (κ2) is 6.10. The molecule has 1 heterocycles. The molecule has 6 heteroatoms. The number of nitrogens with zero attached hydrogens (tertiary/aromatic N) is 2. The molecule has 0 unspecified atom stereocenters. The molecule has 3 N–H and O–H groups in total. The summed E-state index contributed by atoms with van der Waals surface area (Å²) < 4.78 is 6.95. The number of benzene rings is 1. The van der Waals surface area contributed by atoms with Crippen LogP contribution in [-0.4, -0.2) is 29.3 Å². The number of carbonyl (C=O) groups is 1. The zero-order chi connectivity index (χ0) is 14.5. The highest BCUT2D eigenvalue weighted by Crippen LogP contribution is 2.25. The Morgan fingerprint density at radius 2 is 2.25 bits per heavy atom. The van der Waals surface area contributed by atoms with Crippen molar-refractivity contribution < 1.29 is 9.53 Å². The summed E-state index contributed by atoms with van der Waals surface area (Å²) in [6, 6.07) is 7.04. The Morgan fingerprint density at radius 1 is 1.45 bits per heavy atom. The summed E-state index contributed by atoms with van der Waals surface area (Å²) in [5.74, 6) is 0.210. The standard InChI is InChI=1S/C14H18N4O2/c1-18-10(7-9-17-18)6-8-16-14(19)11-4-3-5-12(15)13(11)20-2/h3-5,7,9H,6,8,15H2,1-2H3,(H,16,19). The highest BCUT2D eigenvalue weighted by atomic mass is 16.5. The van der Waals surface area contributed by atoms with E-state index < -0.39 is 0 Å². The number of anilines is 1. The molecule has 2 aromatic rings. The number of nitrogens with two attached hydrogens (primary N) is 1. The van der Waals surface area contributed by atoms with E-state index in [-0.39, 0.29) is 5.91 Å². The zero-order valence-corrected chi connectivity index (χ0v) is 11.6. The fourth-order valence-electron chi connectivity index (χ4n) is 2.01. The van der Waals surface area contributed by atoms with E-state index in [4.69, 9.17) is 10.5 Å². The van der Waals surface area contributed by atoms with Crippen molar-refractivity contribution in [3.05, 3.63) is 41.7 Å². The smallest absolute Gasteiger partial charge is 0.255 e. The summed E-state index contributed by atoms with van der Waals surface area (Å²) in [7, 11) is 3.37. The van der Waals surface area contributed by atoms with Crippen molar-refractivity contribution in [3.63, 3.8) is 0 Å². The molecule has 0 bridgehead atoms. The Hall–Kier alpha value is -2.50. The first kappa shape index (κ1) is 13.9. The van der Waals surface area contributed by atoms with Gasteiger partial charge in [0.2, 0.25) is 0 Å². The van der Waals surface area contributed by atoms with Crippen LogP contribution in [0, 0.1) is 0 Å². The monoisotopic (exact) mass is 274 g/mol. The molecule has 6 nitrogen and oxygen atoms in total. The Balaban J connectivity index is 1.99. The van der Waals surface area contributed by atoms with Gasteiger partial charge in [0.15, 0.2) is 5.75 Å². The highest BCUT2D eigenvalue weighted by Gasteiger charge is 2.13. The lowest BCUT2D eigenvalue weighted by atomic mass is 10.1. The number of para-hydroxylation sites is 1. The van der Waals surface area contributed by atoms with Crippen molar-refractivity contribution >= 4 is 11.6 Å². The second-order valence-corrected chi connectivity index (χ2v) is 4.38. The first-order valence-electron chi connectivity index (χ1n) is 6.31. The molecule has 106 valence electrons. The lowest BCUT2D eigenvalue weighted by Crippen LogP contribution is -2.26. The van der Waals surface area contributed by atoms with Crippen LogP contribution in [-0.2, 0) is 13.5 Å². The molecular weight excluding hydrogens is 256 g/mol. The molecule has 0 saturated heterocycles. The van der Waals surface area contributed by atoms with Crippen molar-refractivity contribution in [1.29, 1.82) is 0 Å². The fraction of sp³-hybridized carbons (Fsp3) is 0.286. The zero-order valence-electron chi connectivity index (χ0n) is 11.6. The molecule has 1 amide bonds. The van der Waals surface area contributed by atoms with Crippen LogP contribution in [0.25, 0.3) is 0 Å². The number of ether oxygens (including phenoxy) is 1. The second-order valence-electron chi connectivity index (χ2n) is 4.38. The van der Waals surface area contributed by atoms with Crippen molar-refractivity contribution in [2.24, 2.45) is 7.05 Å². The van der Waals surface area contributed by atoms with Gasteiger partial charge in [0.1, 0.15) is 0 Å². The van der Waals surface area contributed by atoms with Gasteiger partial charge in [-0.05, 0) is 18.2 Å². The van der Waals surface area contributed by atoms with Crippen LogP contribution in [0.15, 0.2) is 30.5 Å². The molecule has 0 spiro atoms. The summed E-state index contributed by atoms with van der Waals surface area (Å²) in [6.07, 6.45) is 2.45. The minimum Gasteiger partial charge on any atom is -0.494 e. The van der Waals surface area contributed by atoms with Crippen LogP contribution in [0.5, 0.6) is 5.75 Å². The van der Waals surface area contributed by atoms with E-state index in [2.05, 4.69) is 10.4 Å². The van der Waals surface area contributed by atoms with Crippen molar-refractivity contribution in [1.82, 2.24) is 15.1 Å². The number of hydrogen-bond acceptors (Lipinski definition) is 4. The van der Waals surface area contributed by atoms with E-state index in [1.54, 1.807) is 29.1 Å². The third-order valence-corrected chi connectivity index (χ3v) is 3.08. The topological polar surface area (TPSA) is 82.2 Å². The highest BCUT2D eigenvalue weighted by molar-refractivity contribution is 5.98. The number of nitrogens with one attached hydrogen (secondary N) is 1. The molecule has 2 rings (SSSR count). The largest absolute Gasteiger partial charge is 0.494 e. The van der Waals surface area contributed by atoms with Gasteiger partial charge in [0.25, 0.3) is 5.91 Å². The van der Waals surface area contributed by atoms with Gasteiger partial charge in [-0.15, -0.1) is 0 Å². The van der Waals surface area contributed by atoms with E-state index in [0.29, 0.717) is 30.0 Å². The van der Waals surface area contributed by atoms with Gasteiger partial charge in [0, 0.05) is 31.9 Å². The van der Waals surface area contributed by atoms with E-state index in [1.807, 2.05) is 13.1 Å².